The molecule has 610 valence electrons. The van der Waals surface area contributed by atoms with Crippen molar-refractivity contribution in [3.8, 4) is 0 Å². The number of allylic oxidation sites excluding steroid dienone is 8. The molecule has 7 aromatic rings. The summed E-state index contributed by atoms with van der Waals surface area (Å²) in [6.45, 7) is 13.7. The first kappa shape index (κ1) is 91.0. The molecule has 0 aliphatic heterocycles. The topological polar surface area (TPSA) is 434 Å². The van der Waals surface area contributed by atoms with Crippen LogP contribution >= 0.6 is 0 Å². The number of hydrogen-bond donors (Lipinski definition) is 9. The van der Waals surface area contributed by atoms with Crippen molar-refractivity contribution in [3.63, 3.8) is 0 Å². The number of hydrogen-bond acceptors (Lipinski definition) is 17. The minimum absolute atomic E-state index is 0.00474. The van der Waals surface area contributed by atoms with Gasteiger partial charge < -0.3 is 25.5 Å². The van der Waals surface area contributed by atoms with Gasteiger partial charge in [-0.3, -0.25) is 41.7 Å². The number of nitrogens with one attached hydrogen (secondary N) is 2. The molecular weight excluding hydrogens is 1580 g/mol. The van der Waals surface area contributed by atoms with Crippen LogP contribution in [0.5, 0.6) is 0 Å². The van der Waals surface area contributed by atoms with Crippen LogP contribution < -0.4 is 20.4 Å². The van der Waals surface area contributed by atoms with Crippen LogP contribution in [0.2, 0.25) is 0 Å². The second-order valence-electron chi connectivity index (χ2n) is 27.6. The van der Waals surface area contributed by atoms with Crippen LogP contribution in [0.3, 0.4) is 0 Å². The van der Waals surface area contributed by atoms with Gasteiger partial charge in [0.15, 0.2) is 11.4 Å². The van der Waals surface area contributed by atoms with E-state index in [2.05, 4.69) is 15.5 Å². The number of aliphatic carboxylic acids is 1. The average Bonchev–Trinajstić information content (AvgIpc) is 0.789. The van der Waals surface area contributed by atoms with Crippen molar-refractivity contribution < 1.29 is 106 Å². The summed E-state index contributed by atoms with van der Waals surface area (Å²) in [5.41, 5.74) is 9.64. The zero-order valence-electron chi connectivity index (χ0n) is 63.9. The lowest BCUT2D eigenvalue weighted by atomic mass is 10.0. The van der Waals surface area contributed by atoms with Crippen LogP contribution in [0.15, 0.2) is 184 Å². The number of anilines is 2. The third-order valence-electron chi connectivity index (χ3n) is 19.0. The number of carboxylic acid groups (broad SMARTS) is 1. The van der Waals surface area contributed by atoms with Gasteiger partial charge in [-0.2, -0.15) is 59.7 Å². The highest BCUT2D eigenvalue weighted by molar-refractivity contribution is 7.87. The van der Waals surface area contributed by atoms with Gasteiger partial charge in [0.25, 0.3) is 66.6 Å². The molecule has 0 atom stereocenters. The van der Waals surface area contributed by atoms with Crippen molar-refractivity contribution in [1.29, 1.82) is 0 Å². The number of aryl methyl sites for hydroxylation is 4. The third kappa shape index (κ3) is 28.4. The molecular formula is C79H98N6O22S6+2. The molecule has 9 N–H and O–H groups in total. The lowest BCUT2D eigenvalue weighted by Crippen LogP contribution is -2.25. The normalized spacial score (nSPS) is 13.4. The zero-order chi connectivity index (χ0) is 83.4. The van der Waals surface area contributed by atoms with E-state index < -0.39 is 83.9 Å². The Hall–Kier alpha value is -9.17. The largest absolute Gasteiger partial charge is 0.481 e. The van der Waals surface area contributed by atoms with Crippen molar-refractivity contribution in [2.75, 3.05) is 53.2 Å². The van der Waals surface area contributed by atoms with Crippen molar-refractivity contribution in [1.82, 2.24) is 10.6 Å². The summed E-state index contributed by atoms with van der Waals surface area (Å²) >= 11 is 0. The molecule has 2 amide bonds. The fraction of sp³-hybridized carbons (Fsp3) is 0.354. The smallest absolute Gasteiger partial charge is 0.303 e. The molecule has 0 radical (unpaired) electrons. The van der Waals surface area contributed by atoms with E-state index in [9.17, 15) is 97.3 Å². The first-order valence-electron chi connectivity index (χ1n) is 36.3. The molecule has 0 bridgehead atoms. The van der Waals surface area contributed by atoms with Gasteiger partial charge in [-0.1, -0.05) is 61.4 Å². The van der Waals surface area contributed by atoms with E-state index in [0.717, 1.165) is 61.2 Å². The van der Waals surface area contributed by atoms with Gasteiger partial charge in [-0.05, 0) is 202 Å². The molecule has 7 rings (SSSR count). The number of fused-ring (bicyclic) bond motifs is 2. The quantitative estimate of drug-likeness (QED) is 0.00564. The molecule has 0 saturated heterocycles. The van der Waals surface area contributed by atoms with E-state index in [1.54, 1.807) is 84.9 Å². The standard InChI is InChI=1S/C79H96N6O22S6/c1-55-49-68(111(99,100)101)34-40-73(55)82(43-16-46-108(90,91)92)57(3)21-15-23-67(85(45-18-48-110(96,97)98)74-41-35-69(50-56(74)2)112(102,103)104)22-10-8-11-24-77(86)80-53-62-26-29-64(30-27-62)79(89)81-54-63-28-36-71-60(6)76(38-31-65(71)51-63)84(44-17-47-109(93,94)95)59(5)20-14-19-58(4)83(42-13-9-12-25-78(87)88)75-39-32-66-52-70(113(105,106)107)33-37-72(66)61(75)7/h14-15,19-21,23,26-41,49-52H,8-13,16-18,22,24-25,42-48,53-54H2,1-7H3,(H7-2,80,81,86,87,88,89,90,91,92,93,94,95,96,97,98,99,100,101,102,103,104,105,106,107)/p+2. The van der Waals surface area contributed by atoms with E-state index >= 15 is 0 Å². The summed E-state index contributed by atoms with van der Waals surface area (Å²) in [5.74, 6) is -3.15. The summed E-state index contributed by atoms with van der Waals surface area (Å²) in [6, 6.07) is 32.3. The molecule has 0 unspecified atom stereocenters. The fourth-order valence-corrected chi connectivity index (χ4v) is 16.3. The monoisotopic (exact) mass is 1670 g/mol. The highest BCUT2D eigenvalue weighted by Crippen LogP contribution is 2.35. The molecule has 28 nitrogen and oxygen atoms in total. The summed E-state index contributed by atoms with van der Waals surface area (Å²) in [7, 11) is -26.7. The summed E-state index contributed by atoms with van der Waals surface area (Å²) < 4.78 is 205. The maximum Gasteiger partial charge on any atom is 0.303 e. The molecule has 0 saturated carbocycles. The number of carbonyl (C=O) groups excluding carboxylic acids is 2. The van der Waals surface area contributed by atoms with Crippen LogP contribution in [0, 0.1) is 27.7 Å². The molecule has 7 aromatic carbocycles. The van der Waals surface area contributed by atoms with Gasteiger partial charge in [-0.25, -0.2) is 0 Å². The highest BCUT2D eigenvalue weighted by Gasteiger charge is 2.26. The van der Waals surface area contributed by atoms with Gasteiger partial charge in [0.1, 0.15) is 13.1 Å². The van der Waals surface area contributed by atoms with E-state index in [0.29, 0.717) is 96.4 Å². The Labute approximate surface area is 661 Å². The predicted octanol–water partition coefficient (Wildman–Crippen LogP) is 12.8. The predicted molar refractivity (Wildman–Crippen MR) is 437 cm³/mol. The summed E-state index contributed by atoms with van der Waals surface area (Å²) in [6.07, 6.45) is 14.4. The van der Waals surface area contributed by atoms with Crippen LogP contribution in [0.25, 0.3) is 21.5 Å². The molecule has 113 heavy (non-hydrogen) atoms. The van der Waals surface area contributed by atoms with Crippen LogP contribution in [-0.2, 0) is 83.4 Å². The number of rotatable bonds is 42. The van der Waals surface area contributed by atoms with Gasteiger partial charge in [0.2, 0.25) is 17.3 Å². The molecule has 0 heterocycles. The van der Waals surface area contributed by atoms with Crippen molar-refractivity contribution in [3.05, 3.63) is 208 Å². The fourth-order valence-electron chi connectivity index (χ4n) is 13.1. The number of amides is 2. The lowest BCUT2D eigenvalue weighted by molar-refractivity contribution is -0.441. The molecule has 0 aliphatic rings. The van der Waals surface area contributed by atoms with Crippen molar-refractivity contribution in [2.24, 2.45) is 0 Å². The van der Waals surface area contributed by atoms with Crippen molar-refractivity contribution in [2.45, 2.75) is 153 Å². The van der Waals surface area contributed by atoms with Gasteiger partial charge in [0, 0.05) is 129 Å². The van der Waals surface area contributed by atoms with E-state index in [-0.39, 0.29) is 91.3 Å². The number of carboxylic acids is 1. The maximum atomic E-state index is 13.5. The number of unbranched alkanes of at least 4 members (excludes halogenated alkanes) is 4. The number of nitrogens with zero attached hydrogens (tertiary/aromatic N) is 4. The average molecular weight is 1680 g/mol. The van der Waals surface area contributed by atoms with Gasteiger partial charge >= 0.3 is 5.97 Å². The SMILES string of the molecule is CC(/C=C/C=C(\C)N(CCCCCC(=O)O)c1ccc2cc(S(=O)(=O)O)ccc2c1C)=[N+](CCCS(=O)(=O)O)c1ccc2cc(CNC(=O)c3ccc(CNC(=O)CCCCCC(/C=C/C=C(\C)N(CCCS(=O)(=O)O)c4ccc(S(=O)(=O)O)cc4C)=[N+](CCCS(=O)(=O)O)c4ccc(S(=O)(=O)O)cc4C)cc3)ccc2c1C. The third-order valence-corrected chi connectivity index (χ3v) is 24.0. The highest BCUT2D eigenvalue weighted by atomic mass is 32.2. The van der Waals surface area contributed by atoms with Gasteiger partial charge in [-0.15, -0.1) is 0 Å². The number of benzene rings is 7. The van der Waals surface area contributed by atoms with Gasteiger partial charge in [0.05, 0.1) is 31.9 Å². The van der Waals surface area contributed by atoms with Crippen LogP contribution in [-0.4, -0.2) is 165 Å². The Bertz CT molecular complexity index is 5620. The Morgan fingerprint density at radius 1 is 0.434 bits per heavy atom. The molecule has 34 heteroatoms. The Kier molecular flexibility index (Phi) is 32.4. The molecule has 0 aromatic heterocycles. The zero-order valence-corrected chi connectivity index (χ0v) is 68.8. The molecule has 0 aliphatic carbocycles. The lowest BCUT2D eigenvalue weighted by Gasteiger charge is -2.28. The second-order valence-corrected chi connectivity index (χ2v) is 36.6. The Morgan fingerprint density at radius 3 is 1.50 bits per heavy atom. The Morgan fingerprint density at radius 2 is 0.903 bits per heavy atom. The van der Waals surface area contributed by atoms with E-state index in [1.165, 1.54) is 48.5 Å². The molecule has 0 fully saturated rings. The second kappa shape index (κ2) is 40.2. The number of carbonyl (C=O) groups is 3. The Balaban J connectivity index is 1.01. The van der Waals surface area contributed by atoms with E-state index in [4.69, 9.17) is 0 Å². The maximum absolute atomic E-state index is 13.5. The summed E-state index contributed by atoms with van der Waals surface area (Å²) in [5, 5.41) is 18.3. The first-order valence-corrected chi connectivity index (χ1v) is 45.4. The van der Waals surface area contributed by atoms with E-state index in [1.807, 2.05) is 86.9 Å². The minimum Gasteiger partial charge on any atom is -0.481 e. The van der Waals surface area contributed by atoms with Crippen LogP contribution in [0.1, 0.15) is 142 Å². The minimum atomic E-state index is -4.63. The summed E-state index contributed by atoms with van der Waals surface area (Å²) in [4.78, 5) is 40.9. The first-order chi connectivity index (χ1) is 52.9. The molecule has 0 spiro atoms. The van der Waals surface area contributed by atoms with Crippen molar-refractivity contribution >= 4 is 134 Å². The van der Waals surface area contributed by atoms with Crippen LogP contribution in [0.4, 0.5) is 22.7 Å².